The summed E-state index contributed by atoms with van der Waals surface area (Å²) in [6, 6.07) is 14.8. The van der Waals surface area contributed by atoms with E-state index in [0.29, 0.717) is 10.9 Å². The summed E-state index contributed by atoms with van der Waals surface area (Å²) in [5.41, 5.74) is 3.40. The number of hydrogen-bond acceptors (Lipinski definition) is 4. The van der Waals surface area contributed by atoms with Crippen LogP contribution >= 0.6 is 11.8 Å². The van der Waals surface area contributed by atoms with Crippen LogP contribution in [0.4, 0.5) is 0 Å². The van der Waals surface area contributed by atoms with E-state index in [2.05, 4.69) is 10.2 Å². The summed E-state index contributed by atoms with van der Waals surface area (Å²) in [4.78, 5) is 10.9. The average Bonchev–Trinajstić information content (AvgIpc) is 2.94. The molecule has 7 heteroatoms. The third-order valence-electron chi connectivity index (χ3n) is 3.56. The second kappa shape index (κ2) is 6.76. The van der Waals surface area contributed by atoms with E-state index in [4.69, 9.17) is 10.9 Å². The molecular weight excluding hydrogens is 324 g/mol. The zero-order valence-electron chi connectivity index (χ0n) is 13.1. The van der Waals surface area contributed by atoms with Gasteiger partial charge in [0.1, 0.15) is 0 Å². The highest BCUT2D eigenvalue weighted by molar-refractivity contribution is 7.98. The van der Waals surface area contributed by atoms with Crippen LogP contribution < -0.4 is 10.5 Å². The van der Waals surface area contributed by atoms with Gasteiger partial charge in [-0.3, -0.25) is 5.84 Å². The Bertz CT molecular complexity index is 875. The topological polar surface area (TPSA) is 95.9 Å². The summed E-state index contributed by atoms with van der Waals surface area (Å²) in [6.07, 6.45) is 0. The number of hydrogen-bond donors (Lipinski definition) is 3. The van der Waals surface area contributed by atoms with Gasteiger partial charge in [-0.1, -0.05) is 29.8 Å². The highest BCUT2D eigenvalue weighted by Gasteiger charge is 2.20. The minimum Gasteiger partial charge on any atom is -0.478 e. The Hall–Kier alpha value is -2.80. The lowest BCUT2D eigenvalue weighted by molar-refractivity contribution is -0.666. The van der Waals surface area contributed by atoms with Crippen LogP contribution in [0.3, 0.4) is 0 Å². The molecule has 0 aliphatic rings. The van der Waals surface area contributed by atoms with Gasteiger partial charge < -0.3 is 5.11 Å². The molecule has 1 aromatic heterocycles. The number of aryl methyl sites for hydroxylation is 1. The van der Waals surface area contributed by atoms with Crippen molar-refractivity contribution in [2.75, 3.05) is 5.84 Å². The molecule has 1 heterocycles. The van der Waals surface area contributed by atoms with Crippen molar-refractivity contribution < 1.29 is 14.6 Å². The van der Waals surface area contributed by atoms with Gasteiger partial charge in [-0.2, -0.15) is 0 Å². The van der Waals surface area contributed by atoms with Gasteiger partial charge in [0.05, 0.1) is 16.2 Å². The molecule has 0 spiro atoms. The predicted octanol–water partition coefficient (Wildman–Crippen LogP) is 2.38. The number of nitrogen functional groups attached to an aromatic ring is 1. The van der Waals surface area contributed by atoms with E-state index in [-0.39, 0.29) is 5.56 Å². The zero-order valence-corrected chi connectivity index (χ0v) is 13.9. The fourth-order valence-corrected chi connectivity index (χ4v) is 3.12. The van der Waals surface area contributed by atoms with Gasteiger partial charge in [-0.25, -0.2) is 4.79 Å². The smallest absolute Gasteiger partial charge is 0.358 e. The van der Waals surface area contributed by atoms with E-state index in [1.807, 2.05) is 31.2 Å². The first-order chi connectivity index (χ1) is 11.5. The van der Waals surface area contributed by atoms with Gasteiger partial charge in [-0.15, -0.1) is 9.77 Å². The summed E-state index contributed by atoms with van der Waals surface area (Å²) in [5, 5.41) is 16.8. The second-order valence-electron chi connectivity index (χ2n) is 5.39. The predicted molar refractivity (Wildman–Crippen MR) is 92.1 cm³/mol. The number of benzene rings is 2. The van der Waals surface area contributed by atoms with Crippen LogP contribution in [0.2, 0.25) is 0 Å². The Kier molecular flexibility index (Phi) is 4.52. The molecule has 3 rings (SSSR count). The van der Waals surface area contributed by atoms with Crippen LogP contribution in [0.1, 0.15) is 21.5 Å². The number of nitrogens with one attached hydrogen (secondary N) is 1. The van der Waals surface area contributed by atoms with Crippen LogP contribution in [0.25, 0.3) is 11.4 Å². The molecule has 0 bridgehead atoms. The molecule has 0 aliphatic heterocycles. The van der Waals surface area contributed by atoms with E-state index in [1.54, 1.807) is 24.3 Å². The summed E-state index contributed by atoms with van der Waals surface area (Å²) < 4.78 is 1.53. The maximum Gasteiger partial charge on any atom is 0.358 e. The number of carboxylic acid groups (broad SMARTS) is 1. The maximum atomic E-state index is 10.9. The summed E-state index contributed by atoms with van der Waals surface area (Å²) in [6.45, 7) is 2.02. The van der Waals surface area contributed by atoms with Crippen LogP contribution in [0.5, 0.6) is 0 Å². The molecule has 122 valence electrons. The number of nitrogens with two attached hydrogens (primary N) is 1. The molecule has 6 nitrogen and oxygen atoms in total. The number of aromatic carboxylic acids is 1. The van der Waals surface area contributed by atoms with Crippen LogP contribution in [-0.4, -0.2) is 21.3 Å². The monoisotopic (exact) mass is 341 g/mol. The molecular formula is C17H17N4O2S+. The summed E-state index contributed by atoms with van der Waals surface area (Å²) in [7, 11) is 0. The SMILES string of the molecule is Cc1cccc(-c2[nH]nc(SCc3ccc(C(=O)O)cc3)[n+]2N)c1. The van der Waals surface area contributed by atoms with E-state index in [0.717, 1.165) is 22.5 Å². The minimum absolute atomic E-state index is 0.277. The number of carbonyl (C=O) groups is 1. The van der Waals surface area contributed by atoms with Gasteiger partial charge in [0.15, 0.2) is 0 Å². The van der Waals surface area contributed by atoms with E-state index in [1.165, 1.54) is 16.4 Å². The van der Waals surface area contributed by atoms with Gasteiger partial charge in [-0.05, 0) is 48.5 Å². The number of rotatable bonds is 5. The third kappa shape index (κ3) is 3.41. The largest absolute Gasteiger partial charge is 0.478 e. The molecule has 0 aliphatic carbocycles. The molecule has 0 radical (unpaired) electrons. The fraction of sp³-hybridized carbons (Fsp3) is 0.118. The molecule has 0 fully saturated rings. The molecule has 0 saturated heterocycles. The van der Waals surface area contributed by atoms with E-state index in [9.17, 15) is 4.79 Å². The molecule has 24 heavy (non-hydrogen) atoms. The molecule has 2 aromatic carbocycles. The van der Waals surface area contributed by atoms with Gasteiger partial charge in [0.2, 0.25) is 0 Å². The molecule has 0 unspecified atom stereocenters. The highest BCUT2D eigenvalue weighted by Crippen LogP contribution is 2.21. The molecule has 0 atom stereocenters. The normalized spacial score (nSPS) is 10.7. The van der Waals surface area contributed by atoms with Crippen molar-refractivity contribution in [3.63, 3.8) is 0 Å². The van der Waals surface area contributed by atoms with Crippen molar-refractivity contribution in [3.8, 4) is 11.4 Å². The lowest BCUT2D eigenvalue weighted by Crippen LogP contribution is -2.47. The Morgan fingerprint density at radius 1 is 1.29 bits per heavy atom. The number of carboxylic acids is 1. The standard InChI is InChI=1S/C17H16N4O2S/c1-11-3-2-4-14(9-11)15-19-20-17(21(15)18)24-10-12-5-7-13(8-6-12)16(22)23/h2-9H,10,18H2,1H3,(H,22,23)/p+1. The molecule has 0 amide bonds. The zero-order chi connectivity index (χ0) is 17.1. The first kappa shape index (κ1) is 16.1. The maximum absolute atomic E-state index is 10.9. The minimum atomic E-state index is -0.927. The third-order valence-corrected chi connectivity index (χ3v) is 4.59. The van der Waals surface area contributed by atoms with Gasteiger partial charge in [0.25, 0.3) is 5.82 Å². The molecule has 0 saturated carbocycles. The van der Waals surface area contributed by atoms with Crippen LogP contribution in [-0.2, 0) is 5.75 Å². The van der Waals surface area contributed by atoms with Crippen molar-refractivity contribution in [3.05, 3.63) is 65.2 Å². The number of aromatic nitrogens is 3. The van der Waals surface area contributed by atoms with Gasteiger partial charge >= 0.3 is 11.1 Å². The van der Waals surface area contributed by atoms with Crippen molar-refractivity contribution >= 4 is 17.7 Å². The van der Waals surface area contributed by atoms with Crippen molar-refractivity contribution in [2.24, 2.45) is 0 Å². The Balaban J connectivity index is 1.73. The second-order valence-corrected chi connectivity index (χ2v) is 6.33. The van der Waals surface area contributed by atoms with Gasteiger partial charge in [0, 0.05) is 5.75 Å². The average molecular weight is 341 g/mol. The Morgan fingerprint density at radius 2 is 2.04 bits per heavy atom. The number of thioether (sulfide) groups is 1. The first-order valence-corrected chi connectivity index (χ1v) is 8.31. The van der Waals surface area contributed by atoms with Crippen molar-refractivity contribution in [1.82, 2.24) is 10.2 Å². The number of H-pyrrole nitrogens is 1. The fourth-order valence-electron chi connectivity index (χ4n) is 2.29. The quantitative estimate of drug-likeness (QED) is 0.376. The summed E-state index contributed by atoms with van der Waals surface area (Å²) in [5.74, 6) is 6.60. The van der Waals surface area contributed by atoms with E-state index < -0.39 is 5.97 Å². The lowest BCUT2D eigenvalue weighted by Gasteiger charge is -2.00. The number of nitrogens with zero attached hydrogens (tertiary/aromatic N) is 2. The lowest BCUT2D eigenvalue weighted by atomic mass is 10.1. The molecule has 3 aromatic rings. The van der Waals surface area contributed by atoms with Crippen molar-refractivity contribution in [1.29, 1.82) is 0 Å². The van der Waals surface area contributed by atoms with Crippen LogP contribution in [0.15, 0.2) is 53.7 Å². The van der Waals surface area contributed by atoms with Crippen LogP contribution in [0, 0.1) is 6.92 Å². The van der Waals surface area contributed by atoms with Crippen molar-refractivity contribution in [2.45, 2.75) is 17.8 Å². The van der Waals surface area contributed by atoms with E-state index >= 15 is 0 Å². The number of aromatic amines is 1. The Labute approximate surface area is 143 Å². The first-order valence-electron chi connectivity index (χ1n) is 7.32. The molecule has 4 N–H and O–H groups in total. The highest BCUT2D eigenvalue weighted by atomic mass is 32.2. The Morgan fingerprint density at radius 3 is 2.71 bits per heavy atom. The summed E-state index contributed by atoms with van der Waals surface area (Å²) >= 11 is 1.48.